The van der Waals surface area contributed by atoms with Gasteiger partial charge in [-0.1, -0.05) is 23.7 Å². The van der Waals surface area contributed by atoms with Gasteiger partial charge in [0, 0.05) is 10.8 Å². The second-order valence-corrected chi connectivity index (χ2v) is 3.76. The Morgan fingerprint density at radius 3 is 3.00 bits per heavy atom. The van der Waals surface area contributed by atoms with Crippen molar-refractivity contribution in [2.45, 2.75) is 0 Å². The number of aromatic amines is 1. The second-order valence-electron chi connectivity index (χ2n) is 3.38. The number of hydrogen-bond acceptors (Lipinski definition) is 2. The van der Waals surface area contributed by atoms with E-state index < -0.39 is 0 Å². The largest absolute Gasteiger partial charge is 0.506 e. The molecule has 0 unspecified atom stereocenters. The molecule has 0 aliphatic heterocycles. The van der Waals surface area contributed by atoms with Crippen LogP contribution in [0.15, 0.2) is 30.5 Å². The van der Waals surface area contributed by atoms with Crippen molar-refractivity contribution in [1.29, 1.82) is 0 Å². The molecular formula is C11H7ClN2O. The van der Waals surface area contributed by atoms with E-state index >= 15 is 0 Å². The molecule has 3 nitrogen and oxygen atoms in total. The maximum atomic E-state index is 9.66. The summed E-state index contributed by atoms with van der Waals surface area (Å²) in [6, 6.07) is 7.17. The fraction of sp³-hybridized carbons (Fsp3) is 0. The summed E-state index contributed by atoms with van der Waals surface area (Å²) in [5.74, 6) is 0.236. The third-order valence-electron chi connectivity index (χ3n) is 2.46. The van der Waals surface area contributed by atoms with Gasteiger partial charge in [-0.25, -0.2) is 4.98 Å². The van der Waals surface area contributed by atoms with Crippen LogP contribution in [0.5, 0.6) is 5.75 Å². The molecular weight excluding hydrogens is 212 g/mol. The molecule has 0 bridgehead atoms. The van der Waals surface area contributed by atoms with E-state index in [0.717, 1.165) is 21.8 Å². The standard InChI is InChI=1S/C11H7ClN2O/c12-10-4-7-6-2-1-3-9(15)11(6)14-8(7)5-13-10/h1-5,14-15H. The van der Waals surface area contributed by atoms with Crippen LogP contribution in [0, 0.1) is 0 Å². The Kier molecular flexibility index (Phi) is 1.64. The van der Waals surface area contributed by atoms with E-state index in [-0.39, 0.29) is 5.75 Å². The Hall–Kier alpha value is -1.74. The SMILES string of the molecule is Oc1cccc2c1[nH]c1cnc(Cl)cc12. The molecule has 0 spiro atoms. The van der Waals surface area contributed by atoms with Crippen molar-refractivity contribution in [1.82, 2.24) is 9.97 Å². The normalized spacial score (nSPS) is 11.3. The molecule has 0 fully saturated rings. The van der Waals surface area contributed by atoms with Gasteiger partial charge in [0.05, 0.1) is 17.2 Å². The predicted molar refractivity (Wildman–Crippen MR) is 60.3 cm³/mol. The Labute approximate surface area is 90.3 Å². The lowest BCUT2D eigenvalue weighted by atomic mass is 10.2. The number of nitrogens with zero attached hydrogens (tertiary/aromatic N) is 1. The summed E-state index contributed by atoms with van der Waals surface area (Å²) >= 11 is 5.83. The van der Waals surface area contributed by atoms with Crippen LogP contribution in [0.25, 0.3) is 21.8 Å². The molecule has 4 heteroatoms. The number of rotatable bonds is 0. The Balaban J connectivity index is 2.58. The number of pyridine rings is 1. The molecule has 0 saturated heterocycles. The number of aromatic hydroxyl groups is 1. The lowest BCUT2D eigenvalue weighted by Gasteiger charge is -1.93. The number of fused-ring (bicyclic) bond motifs is 3. The summed E-state index contributed by atoms with van der Waals surface area (Å²) in [5, 5.41) is 12.0. The van der Waals surface area contributed by atoms with Crippen molar-refractivity contribution >= 4 is 33.4 Å². The zero-order valence-corrected chi connectivity index (χ0v) is 8.42. The Bertz CT molecular complexity index is 660. The van der Waals surface area contributed by atoms with Gasteiger partial charge in [0.2, 0.25) is 0 Å². The maximum Gasteiger partial charge on any atom is 0.139 e. The molecule has 2 N–H and O–H groups in total. The Morgan fingerprint density at radius 2 is 2.13 bits per heavy atom. The minimum absolute atomic E-state index is 0.236. The minimum Gasteiger partial charge on any atom is -0.506 e. The van der Waals surface area contributed by atoms with Gasteiger partial charge < -0.3 is 10.1 Å². The first-order chi connectivity index (χ1) is 7.25. The van der Waals surface area contributed by atoms with E-state index in [1.54, 1.807) is 24.4 Å². The highest BCUT2D eigenvalue weighted by Gasteiger charge is 2.07. The topological polar surface area (TPSA) is 48.9 Å². The summed E-state index contributed by atoms with van der Waals surface area (Å²) in [7, 11) is 0. The molecule has 0 atom stereocenters. The van der Waals surface area contributed by atoms with E-state index in [2.05, 4.69) is 9.97 Å². The zero-order chi connectivity index (χ0) is 10.4. The lowest BCUT2D eigenvalue weighted by molar-refractivity contribution is 0.480. The first-order valence-corrected chi connectivity index (χ1v) is 4.88. The van der Waals surface area contributed by atoms with E-state index in [9.17, 15) is 5.11 Å². The Morgan fingerprint density at radius 1 is 1.27 bits per heavy atom. The van der Waals surface area contributed by atoms with Crippen LogP contribution < -0.4 is 0 Å². The number of H-pyrrole nitrogens is 1. The number of nitrogens with one attached hydrogen (secondary N) is 1. The van der Waals surface area contributed by atoms with E-state index in [4.69, 9.17) is 11.6 Å². The monoisotopic (exact) mass is 218 g/mol. The summed E-state index contributed by atoms with van der Waals surface area (Å²) < 4.78 is 0. The number of aromatic nitrogens is 2. The lowest BCUT2D eigenvalue weighted by Crippen LogP contribution is -1.73. The van der Waals surface area contributed by atoms with E-state index in [1.807, 2.05) is 6.07 Å². The predicted octanol–water partition coefficient (Wildman–Crippen LogP) is 3.08. The number of phenolic OH excluding ortho intramolecular Hbond substituents is 1. The fourth-order valence-corrected chi connectivity index (χ4v) is 1.94. The first kappa shape index (κ1) is 8.56. The number of phenols is 1. The van der Waals surface area contributed by atoms with Crippen LogP contribution in [-0.2, 0) is 0 Å². The van der Waals surface area contributed by atoms with E-state index in [1.165, 1.54) is 0 Å². The van der Waals surface area contributed by atoms with Gasteiger partial charge in [0.15, 0.2) is 0 Å². The zero-order valence-electron chi connectivity index (χ0n) is 7.66. The second kappa shape index (κ2) is 2.87. The molecule has 0 amide bonds. The molecule has 3 rings (SSSR count). The van der Waals surface area contributed by atoms with Crippen molar-refractivity contribution in [3.8, 4) is 5.75 Å². The molecule has 15 heavy (non-hydrogen) atoms. The molecule has 3 aromatic rings. The summed E-state index contributed by atoms with van der Waals surface area (Å²) in [5.41, 5.74) is 1.59. The van der Waals surface area contributed by atoms with Gasteiger partial charge >= 0.3 is 0 Å². The molecule has 74 valence electrons. The maximum absolute atomic E-state index is 9.66. The van der Waals surface area contributed by atoms with Gasteiger partial charge in [0.25, 0.3) is 0 Å². The number of benzene rings is 1. The quantitative estimate of drug-likeness (QED) is 0.570. The average molecular weight is 219 g/mol. The molecule has 1 aromatic carbocycles. The van der Waals surface area contributed by atoms with E-state index in [0.29, 0.717) is 5.15 Å². The van der Waals surface area contributed by atoms with Gasteiger partial charge in [-0.05, 0) is 12.1 Å². The highest BCUT2D eigenvalue weighted by Crippen LogP contribution is 2.31. The van der Waals surface area contributed by atoms with Crippen LogP contribution in [0.2, 0.25) is 5.15 Å². The van der Waals surface area contributed by atoms with Gasteiger partial charge in [-0.2, -0.15) is 0 Å². The summed E-state index contributed by atoms with van der Waals surface area (Å²) in [6.07, 6.45) is 1.66. The number of hydrogen-bond donors (Lipinski definition) is 2. The molecule has 0 radical (unpaired) electrons. The van der Waals surface area contributed by atoms with Gasteiger partial charge in [-0.15, -0.1) is 0 Å². The molecule has 2 heterocycles. The van der Waals surface area contributed by atoms with Crippen LogP contribution in [-0.4, -0.2) is 15.1 Å². The smallest absolute Gasteiger partial charge is 0.139 e. The highest BCUT2D eigenvalue weighted by atomic mass is 35.5. The highest BCUT2D eigenvalue weighted by molar-refractivity contribution is 6.30. The first-order valence-electron chi connectivity index (χ1n) is 4.50. The number of halogens is 1. The van der Waals surface area contributed by atoms with Gasteiger partial charge in [-0.3, -0.25) is 0 Å². The molecule has 0 saturated carbocycles. The van der Waals surface area contributed by atoms with Crippen LogP contribution in [0.3, 0.4) is 0 Å². The number of para-hydroxylation sites is 1. The van der Waals surface area contributed by atoms with Gasteiger partial charge in [0.1, 0.15) is 10.9 Å². The van der Waals surface area contributed by atoms with Crippen molar-refractivity contribution in [3.63, 3.8) is 0 Å². The van der Waals surface area contributed by atoms with Crippen molar-refractivity contribution in [3.05, 3.63) is 35.6 Å². The van der Waals surface area contributed by atoms with Crippen molar-refractivity contribution < 1.29 is 5.11 Å². The summed E-state index contributed by atoms with van der Waals surface area (Å²) in [6.45, 7) is 0. The third kappa shape index (κ3) is 1.17. The third-order valence-corrected chi connectivity index (χ3v) is 2.67. The summed E-state index contributed by atoms with van der Waals surface area (Å²) in [4.78, 5) is 7.09. The molecule has 0 aliphatic carbocycles. The van der Waals surface area contributed by atoms with Crippen LogP contribution >= 0.6 is 11.6 Å². The van der Waals surface area contributed by atoms with Crippen molar-refractivity contribution in [2.75, 3.05) is 0 Å². The fourth-order valence-electron chi connectivity index (χ4n) is 1.78. The molecule has 2 aromatic heterocycles. The van der Waals surface area contributed by atoms with Crippen LogP contribution in [0.1, 0.15) is 0 Å². The minimum atomic E-state index is 0.236. The van der Waals surface area contributed by atoms with Crippen LogP contribution in [0.4, 0.5) is 0 Å². The average Bonchev–Trinajstić information content (AvgIpc) is 2.58. The van der Waals surface area contributed by atoms with Crippen molar-refractivity contribution in [2.24, 2.45) is 0 Å². The molecule has 0 aliphatic rings.